The number of hydrogen-bond donors (Lipinski definition) is 0. The normalized spacial score (nSPS) is 20.2. The molecule has 2 saturated heterocycles. The minimum Gasteiger partial charge on any atom is -0.341 e. The first-order valence-corrected chi connectivity index (χ1v) is 22.6. The Balaban J connectivity index is 1.22. The molecule has 8 aromatic carbocycles. The van der Waals surface area contributed by atoms with Gasteiger partial charge in [-0.2, -0.15) is 0 Å². The molecule has 312 valence electrons. The van der Waals surface area contributed by atoms with Gasteiger partial charge in [0.1, 0.15) is 24.4 Å². The van der Waals surface area contributed by atoms with E-state index in [9.17, 15) is 0 Å². The van der Waals surface area contributed by atoms with Gasteiger partial charge in [0.05, 0.1) is 0 Å². The number of aliphatic imine (C=N–C) groups is 1. The summed E-state index contributed by atoms with van der Waals surface area (Å²) in [6, 6.07) is 75.9. The summed E-state index contributed by atoms with van der Waals surface area (Å²) in [6.45, 7) is 3.93. The summed E-state index contributed by atoms with van der Waals surface area (Å²) >= 11 is 0. The summed E-state index contributed by atoms with van der Waals surface area (Å²) in [7, 11) is -2.34. The van der Waals surface area contributed by atoms with Crippen molar-refractivity contribution < 1.29 is 23.0 Å². The topological polar surface area (TPSA) is 58.5 Å². The fourth-order valence-corrected chi connectivity index (χ4v) is 10.9. The predicted octanol–water partition coefficient (Wildman–Crippen LogP) is 13.4. The third-order valence-electron chi connectivity index (χ3n) is 12.1. The second kappa shape index (κ2) is 17.6. The number of ether oxygens (including phenoxy) is 2. The van der Waals surface area contributed by atoms with Gasteiger partial charge in [-0.15, -0.1) is 0 Å². The van der Waals surface area contributed by atoms with E-state index in [1.54, 1.807) is 0 Å². The van der Waals surface area contributed by atoms with Crippen molar-refractivity contribution in [1.82, 2.24) is 0 Å². The van der Waals surface area contributed by atoms with Crippen LogP contribution in [0.2, 0.25) is 0 Å². The van der Waals surface area contributed by atoms with Crippen LogP contribution in [0, 0.1) is 0 Å². The minimum absolute atomic E-state index is 0.526. The van der Waals surface area contributed by atoms with E-state index in [0.29, 0.717) is 0 Å². The Morgan fingerprint density at radius 3 is 1.35 bits per heavy atom. The van der Waals surface area contributed by atoms with Gasteiger partial charge in [0.25, 0.3) is 0 Å². The first-order valence-electron chi connectivity index (χ1n) is 21.5. The van der Waals surface area contributed by atoms with Crippen molar-refractivity contribution in [2.24, 2.45) is 4.99 Å². The Kier molecular flexibility index (Phi) is 11.4. The Morgan fingerprint density at radius 2 is 0.873 bits per heavy atom. The van der Waals surface area contributed by atoms with Gasteiger partial charge in [-0.3, -0.25) is 14.0 Å². The average molecular weight is 846 g/mol. The van der Waals surface area contributed by atoms with E-state index < -0.39 is 49.9 Å². The largest absolute Gasteiger partial charge is 0.341 e. The molecule has 0 unspecified atom stereocenters. The molecule has 0 spiro atoms. The summed E-state index contributed by atoms with van der Waals surface area (Å²) in [6.07, 6.45) is -0.182. The lowest BCUT2D eigenvalue weighted by atomic mass is 9.72. The maximum absolute atomic E-state index is 7.80. The van der Waals surface area contributed by atoms with Crippen LogP contribution in [0.5, 0.6) is 0 Å². The molecule has 0 radical (unpaired) electrons. The SMILES string of the molecule is CC1(C)O[C@@H]2[C@@H](O1)C(c1ccccc1)(c1ccccc1)OP(O[C@H](c1ccccc1)[C@@H](N=Cc1cccc3ccccc13)c1ccccc1)OC2(c1ccccc1)c1ccccc1. The smallest absolute Gasteiger partial charge is 0.336 e. The lowest BCUT2D eigenvalue weighted by Gasteiger charge is -2.41. The average Bonchev–Trinajstić information content (AvgIpc) is 3.63. The maximum atomic E-state index is 7.80. The lowest BCUT2D eigenvalue weighted by Crippen LogP contribution is -2.53. The zero-order chi connectivity index (χ0) is 42.7. The second-order valence-electron chi connectivity index (χ2n) is 16.5. The first-order chi connectivity index (χ1) is 30.9. The monoisotopic (exact) mass is 845 g/mol. The highest BCUT2D eigenvalue weighted by atomic mass is 31.2. The van der Waals surface area contributed by atoms with E-state index in [0.717, 1.165) is 49.7 Å². The van der Waals surface area contributed by atoms with Crippen molar-refractivity contribution in [3.63, 3.8) is 0 Å². The van der Waals surface area contributed by atoms with Gasteiger partial charge in [-0.25, -0.2) is 0 Å². The van der Waals surface area contributed by atoms with Crippen molar-refractivity contribution in [2.75, 3.05) is 0 Å². The standard InChI is InChI=1S/C56H48NO5P/c1-54(2)58-52-53(59-54)56(47-35-17-7-18-36-47,48-37-19-8-20-38-48)62-63(61-55(52,45-31-13-5-14-32-45)46-33-15-6-16-34-46)60-51(43-27-11-4-12-28-43)50(42-25-9-3-10-26-42)57-40-44-30-23-29-41-24-21-22-39-49(41)44/h3-40,50-53H,1-2H3/t50-,51+,52+,53+/m0/s1. The molecule has 2 heterocycles. The quantitative estimate of drug-likeness (QED) is 0.0959. The molecule has 0 saturated carbocycles. The molecule has 8 aromatic rings. The summed E-state index contributed by atoms with van der Waals surface area (Å²) in [5.74, 6) is -1.02. The van der Waals surface area contributed by atoms with Crippen LogP contribution in [0.25, 0.3) is 10.8 Å². The molecule has 10 rings (SSSR count). The Hall–Kier alpha value is -6.08. The van der Waals surface area contributed by atoms with E-state index in [1.165, 1.54) is 0 Å². The number of hydrogen-bond acceptors (Lipinski definition) is 6. The third-order valence-corrected chi connectivity index (χ3v) is 13.4. The molecule has 0 amide bonds. The Bertz CT molecular complexity index is 2590. The van der Waals surface area contributed by atoms with Crippen LogP contribution in [-0.2, 0) is 34.2 Å². The number of fused-ring (bicyclic) bond motifs is 2. The van der Waals surface area contributed by atoms with Crippen molar-refractivity contribution >= 4 is 25.6 Å². The first kappa shape index (κ1) is 41.0. The summed E-state index contributed by atoms with van der Waals surface area (Å²) < 4.78 is 37.7. The molecule has 7 heteroatoms. The highest BCUT2D eigenvalue weighted by Crippen LogP contribution is 2.66. The Morgan fingerprint density at radius 1 is 0.476 bits per heavy atom. The molecule has 2 fully saturated rings. The van der Waals surface area contributed by atoms with Crippen LogP contribution in [0.3, 0.4) is 0 Å². The van der Waals surface area contributed by atoms with Crippen LogP contribution < -0.4 is 0 Å². The minimum atomic E-state index is -2.34. The van der Waals surface area contributed by atoms with Gasteiger partial charge >= 0.3 is 8.60 Å². The second-order valence-corrected chi connectivity index (χ2v) is 17.5. The molecule has 4 atom stereocenters. The van der Waals surface area contributed by atoms with Crippen molar-refractivity contribution in [2.45, 2.75) is 55.2 Å². The van der Waals surface area contributed by atoms with Crippen molar-refractivity contribution in [3.05, 3.63) is 263 Å². The number of nitrogens with zero attached hydrogens (tertiary/aromatic N) is 1. The van der Waals surface area contributed by atoms with Crippen LogP contribution in [-0.4, -0.2) is 24.2 Å². The van der Waals surface area contributed by atoms with E-state index in [2.05, 4.69) is 115 Å². The van der Waals surface area contributed by atoms with E-state index in [4.69, 9.17) is 28.0 Å². The van der Waals surface area contributed by atoms with E-state index in [-0.39, 0.29) is 0 Å². The third kappa shape index (κ3) is 7.85. The van der Waals surface area contributed by atoms with Gasteiger partial charge in [-0.1, -0.05) is 224 Å². The van der Waals surface area contributed by atoms with Gasteiger partial charge < -0.3 is 14.0 Å². The van der Waals surface area contributed by atoms with Crippen LogP contribution in [0.1, 0.15) is 64.9 Å². The van der Waals surface area contributed by atoms with Gasteiger partial charge in [0.15, 0.2) is 17.0 Å². The van der Waals surface area contributed by atoms with E-state index >= 15 is 0 Å². The van der Waals surface area contributed by atoms with E-state index in [1.807, 2.05) is 129 Å². The maximum Gasteiger partial charge on any atom is 0.336 e. The molecule has 0 bridgehead atoms. The number of benzene rings is 8. The molecule has 63 heavy (non-hydrogen) atoms. The van der Waals surface area contributed by atoms with Crippen molar-refractivity contribution in [3.8, 4) is 0 Å². The summed E-state index contributed by atoms with van der Waals surface area (Å²) in [4.78, 5) is 5.46. The molecule has 2 aliphatic rings. The lowest BCUT2D eigenvalue weighted by molar-refractivity contribution is -0.177. The highest BCUT2D eigenvalue weighted by molar-refractivity contribution is 7.41. The molecular weight excluding hydrogens is 798 g/mol. The van der Waals surface area contributed by atoms with Gasteiger partial charge in [0.2, 0.25) is 0 Å². The fraction of sp³-hybridized carbons (Fsp3) is 0.161. The van der Waals surface area contributed by atoms with Crippen molar-refractivity contribution in [1.29, 1.82) is 0 Å². The highest BCUT2D eigenvalue weighted by Gasteiger charge is 2.67. The zero-order valence-electron chi connectivity index (χ0n) is 35.2. The number of rotatable bonds is 11. The zero-order valence-corrected chi connectivity index (χ0v) is 36.1. The predicted molar refractivity (Wildman–Crippen MR) is 251 cm³/mol. The molecule has 6 nitrogen and oxygen atoms in total. The summed E-state index contributed by atoms with van der Waals surface area (Å²) in [5, 5.41) is 2.26. The van der Waals surface area contributed by atoms with Crippen LogP contribution in [0.15, 0.2) is 229 Å². The van der Waals surface area contributed by atoms with Crippen LogP contribution >= 0.6 is 8.60 Å². The molecule has 0 aliphatic carbocycles. The molecule has 0 aromatic heterocycles. The molecule has 0 N–H and O–H groups in total. The van der Waals surface area contributed by atoms with Gasteiger partial charge in [-0.05, 0) is 58.0 Å². The van der Waals surface area contributed by atoms with Gasteiger partial charge in [0, 0.05) is 11.8 Å². The van der Waals surface area contributed by atoms with Crippen LogP contribution in [0.4, 0.5) is 0 Å². The molecule has 2 aliphatic heterocycles. The fourth-order valence-electron chi connectivity index (χ4n) is 9.25. The molecular formula is C56H48NO5P. The summed E-state index contributed by atoms with van der Waals surface area (Å²) in [5.41, 5.74) is 3.88. The Labute approximate surface area is 370 Å².